The maximum absolute atomic E-state index is 12.1. The molecular weight excluding hydrogens is 404 g/mol. The third-order valence-corrected chi connectivity index (χ3v) is 4.87. The number of carbonyl (C=O) groups excluding carboxylic acids is 1. The van der Waals surface area contributed by atoms with Crippen LogP contribution in [0.4, 0.5) is 4.79 Å². The number of hydrogen-bond donors (Lipinski definition) is 2. The zero-order valence-corrected chi connectivity index (χ0v) is 20.3. The number of amides is 1. The molecule has 0 unspecified atom stereocenters. The first kappa shape index (κ1) is 25.2. The molecule has 0 aliphatic carbocycles. The molecule has 0 bridgehead atoms. The van der Waals surface area contributed by atoms with Crippen LogP contribution in [0.15, 0.2) is 41.7 Å². The van der Waals surface area contributed by atoms with Crippen LogP contribution in [0.5, 0.6) is 0 Å². The molecule has 1 aromatic carbocycles. The van der Waals surface area contributed by atoms with Gasteiger partial charge in [-0.2, -0.15) is 0 Å². The molecule has 2 aromatic rings. The summed E-state index contributed by atoms with van der Waals surface area (Å²) in [7, 11) is 3.52. The molecule has 0 radical (unpaired) electrons. The summed E-state index contributed by atoms with van der Waals surface area (Å²) in [5, 5.41) is 6.70. The normalized spacial score (nSPS) is 11.9. The van der Waals surface area contributed by atoms with Crippen LogP contribution in [0.1, 0.15) is 50.6 Å². The highest BCUT2D eigenvalue weighted by Crippen LogP contribution is 2.12. The van der Waals surface area contributed by atoms with Crippen molar-refractivity contribution in [2.75, 3.05) is 20.6 Å². The van der Waals surface area contributed by atoms with Gasteiger partial charge in [-0.25, -0.2) is 9.78 Å². The molecule has 0 aliphatic rings. The minimum Gasteiger partial charge on any atom is -0.444 e. The molecule has 32 heavy (non-hydrogen) atoms. The molecule has 1 heterocycles. The summed E-state index contributed by atoms with van der Waals surface area (Å²) in [6.45, 7) is 10.7. The molecule has 0 atom stereocenters. The first-order valence-corrected chi connectivity index (χ1v) is 11.1. The molecule has 0 saturated carbocycles. The fourth-order valence-corrected chi connectivity index (χ4v) is 3.10. The summed E-state index contributed by atoms with van der Waals surface area (Å²) >= 11 is 0. The summed E-state index contributed by atoms with van der Waals surface area (Å²) in [5.74, 6) is 1.84. The Labute approximate surface area is 192 Å². The standard InChI is InChI=1S/C24H38N6O2/c1-19-26-14-16-30(19)15-8-7-13-27-22(25-5)28-17-20-9-11-21(12-10-20)18-29(6)23(31)32-24(2,3)4/h9-12,14,16H,7-8,13,15,17-18H2,1-6H3,(H2,25,27,28). The largest absolute Gasteiger partial charge is 0.444 e. The molecule has 8 nitrogen and oxygen atoms in total. The van der Waals surface area contributed by atoms with Gasteiger partial charge in [-0.3, -0.25) is 4.99 Å². The van der Waals surface area contributed by atoms with Crippen molar-refractivity contribution in [2.45, 2.75) is 65.8 Å². The Morgan fingerprint density at radius 2 is 1.84 bits per heavy atom. The second kappa shape index (κ2) is 12.1. The Hall–Kier alpha value is -3.03. The molecule has 2 N–H and O–H groups in total. The molecular formula is C24H38N6O2. The van der Waals surface area contributed by atoms with Crippen LogP contribution < -0.4 is 10.6 Å². The smallest absolute Gasteiger partial charge is 0.410 e. The maximum Gasteiger partial charge on any atom is 0.410 e. The van der Waals surface area contributed by atoms with Crippen molar-refractivity contribution in [1.82, 2.24) is 25.1 Å². The molecule has 1 aromatic heterocycles. The van der Waals surface area contributed by atoms with E-state index in [1.807, 2.05) is 52.2 Å². The summed E-state index contributed by atoms with van der Waals surface area (Å²) in [6, 6.07) is 8.19. The van der Waals surface area contributed by atoms with Crippen LogP contribution in [0.2, 0.25) is 0 Å². The number of aryl methyl sites for hydroxylation is 2. The van der Waals surface area contributed by atoms with Gasteiger partial charge < -0.3 is 24.8 Å². The number of hydrogen-bond acceptors (Lipinski definition) is 4. The number of benzene rings is 1. The molecule has 8 heteroatoms. The van der Waals surface area contributed by atoms with Gasteiger partial charge >= 0.3 is 6.09 Å². The second-order valence-corrected chi connectivity index (χ2v) is 8.88. The van der Waals surface area contributed by atoms with E-state index in [0.29, 0.717) is 13.1 Å². The minimum absolute atomic E-state index is 0.321. The zero-order chi connectivity index (χ0) is 23.6. The van der Waals surface area contributed by atoms with Crippen LogP contribution >= 0.6 is 0 Å². The van der Waals surface area contributed by atoms with Crippen molar-refractivity contribution >= 4 is 12.1 Å². The number of aromatic nitrogens is 2. The van der Waals surface area contributed by atoms with E-state index in [1.165, 1.54) is 0 Å². The number of aliphatic imine (C=N–C) groups is 1. The van der Waals surface area contributed by atoms with Crippen LogP contribution in [-0.2, 0) is 24.4 Å². The van der Waals surface area contributed by atoms with Crippen molar-refractivity contribution in [3.63, 3.8) is 0 Å². The molecule has 0 spiro atoms. The third-order valence-electron chi connectivity index (χ3n) is 4.87. The molecule has 0 fully saturated rings. The van der Waals surface area contributed by atoms with Gasteiger partial charge in [-0.05, 0) is 51.7 Å². The van der Waals surface area contributed by atoms with Crippen molar-refractivity contribution in [3.05, 3.63) is 53.6 Å². The maximum atomic E-state index is 12.1. The molecule has 176 valence electrons. The first-order chi connectivity index (χ1) is 15.2. The Morgan fingerprint density at radius 1 is 1.16 bits per heavy atom. The Balaban J connectivity index is 1.69. The van der Waals surface area contributed by atoms with Crippen molar-refractivity contribution in [2.24, 2.45) is 4.99 Å². The van der Waals surface area contributed by atoms with Crippen molar-refractivity contribution in [1.29, 1.82) is 0 Å². The number of unbranched alkanes of at least 4 members (excludes halogenated alkanes) is 1. The molecule has 0 saturated heterocycles. The summed E-state index contributed by atoms with van der Waals surface area (Å²) in [5.41, 5.74) is 1.71. The molecule has 0 aliphatic heterocycles. The minimum atomic E-state index is -0.494. The van der Waals surface area contributed by atoms with Gasteiger partial charge in [0.1, 0.15) is 11.4 Å². The Morgan fingerprint density at radius 3 is 2.44 bits per heavy atom. The fourth-order valence-electron chi connectivity index (χ4n) is 3.10. The SMILES string of the molecule is CN=C(NCCCCn1ccnc1C)NCc1ccc(CN(C)C(=O)OC(C)(C)C)cc1. The van der Waals surface area contributed by atoms with E-state index in [2.05, 4.69) is 37.3 Å². The lowest BCUT2D eigenvalue weighted by Crippen LogP contribution is -2.37. The van der Waals surface area contributed by atoms with Crippen LogP contribution in [0.3, 0.4) is 0 Å². The lowest BCUT2D eigenvalue weighted by atomic mass is 10.1. The highest BCUT2D eigenvalue weighted by atomic mass is 16.6. The topological polar surface area (TPSA) is 83.8 Å². The van der Waals surface area contributed by atoms with E-state index < -0.39 is 5.60 Å². The summed E-state index contributed by atoms with van der Waals surface area (Å²) < 4.78 is 7.57. The number of carbonyl (C=O) groups is 1. The lowest BCUT2D eigenvalue weighted by Gasteiger charge is -2.24. The van der Waals surface area contributed by atoms with Gasteiger partial charge in [0.05, 0.1) is 0 Å². The van der Waals surface area contributed by atoms with E-state index in [9.17, 15) is 4.79 Å². The predicted octanol–water partition coefficient (Wildman–Crippen LogP) is 3.70. The third kappa shape index (κ3) is 8.99. The average Bonchev–Trinajstić information content (AvgIpc) is 3.14. The number of nitrogens with one attached hydrogen (secondary N) is 2. The van der Waals surface area contributed by atoms with Crippen LogP contribution in [0.25, 0.3) is 0 Å². The number of ether oxygens (including phenoxy) is 1. The van der Waals surface area contributed by atoms with E-state index in [0.717, 1.165) is 48.8 Å². The van der Waals surface area contributed by atoms with Crippen molar-refractivity contribution in [3.8, 4) is 0 Å². The highest BCUT2D eigenvalue weighted by Gasteiger charge is 2.19. The van der Waals surface area contributed by atoms with Gasteiger partial charge in [-0.15, -0.1) is 0 Å². The quantitative estimate of drug-likeness (QED) is 0.351. The monoisotopic (exact) mass is 442 g/mol. The molecule has 2 rings (SSSR count). The summed E-state index contributed by atoms with van der Waals surface area (Å²) in [6.07, 6.45) is 5.67. The number of guanidine groups is 1. The summed E-state index contributed by atoms with van der Waals surface area (Å²) in [4.78, 5) is 22.2. The van der Waals surface area contributed by atoms with E-state index in [-0.39, 0.29) is 6.09 Å². The van der Waals surface area contributed by atoms with Gasteiger partial charge in [0.2, 0.25) is 0 Å². The van der Waals surface area contributed by atoms with Gasteiger partial charge in [0, 0.05) is 52.7 Å². The predicted molar refractivity (Wildman–Crippen MR) is 129 cm³/mol. The first-order valence-electron chi connectivity index (χ1n) is 11.1. The second-order valence-electron chi connectivity index (χ2n) is 8.88. The number of rotatable bonds is 9. The van der Waals surface area contributed by atoms with Gasteiger partial charge in [-0.1, -0.05) is 24.3 Å². The Kier molecular flexibility index (Phi) is 9.56. The van der Waals surface area contributed by atoms with Crippen LogP contribution in [0, 0.1) is 6.92 Å². The fraction of sp³-hybridized carbons (Fsp3) is 0.542. The van der Waals surface area contributed by atoms with E-state index >= 15 is 0 Å². The number of nitrogens with zero attached hydrogens (tertiary/aromatic N) is 4. The average molecular weight is 443 g/mol. The number of imidazole rings is 1. The van der Waals surface area contributed by atoms with Gasteiger partial charge in [0.15, 0.2) is 5.96 Å². The van der Waals surface area contributed by atoms with Crippen LogP contribution in [-0.4, -0.2) is 52.7 Å². The Bertz CT molecular complexity index is 867. The van der Waals surface area contributed by atoms with Crippen molar-refractivity contribution < 1.29 is 9.53 Å². The zero-order valence-electron chi connectivity index (χ0n) is 20.3. The van der Waals surface area contributed by atoms with E-state index in [1.54, 1.807) is 19.0 Å². The lowest BCUT2D eigenvalue weighted by molar-refractivity contribution is 0.0285. The van der Waals surface area contributed by atoms with E-state index in [4.69, 9.17) is 4.74 Å². The molecule has 1 amide bonds. The highest BCUT2D eigenvalue weighted by molar-refractivity contribution is 5.79. The van der Waals surface area contributed by atoms with Gasteiger partial charge in [0.25, 0.3) is 0 Å².